The number of aliphatic carboxylic acids is 1. The third kappa shape index (κ3) is 3.64. The quantitative estimate of drug-likeness (QED) is 0.345. The minimum Gasteiger partial charge on any atom is -0.549 e. The number of hydrogen-bond donors (Lipinski definition) is 0. The summed E-state index contributed by atoms with van der Waals surface area (Å²) in [6, 6.07) is 5.82. The van der Waals surface area contributed by atoms with E-state index in [1.807, 2.05) is 0 Å². The summed E-state index contributed by atoms with van der Waals surface area (Å²) < 4.78 is 0. The number of para-hydroxylation sites is 1. The van der Waals surface area contributed by atoms with Crippen molar-refractivity contribution in [1.82, 2.24) is 0 Å². The van der Waals surface area contributed by atoms with Gasteiger partial charge in [-0.2, -0.15) is 0 Å². The van der Waals surface area contributed by atoms with Crippen molar-refractivity contribution in [2.24, 2.45) is 0 Å². The number of carbonyl (C=O) groups is 1. The van der Waals surface area contributed by atoms with Crippen LogP contribution in [0.2, 0.25) is 0 Å². The Morgan fingerprint density at radius 3 is 2.44 bits per heavy atom. The summed E-state index contributed by atoms with van der Waals surface area (Å²) in [4.78, 5) is 20.8. The van der Waals surface area contributed by atoms with Crippen molar-refractivity contribution in [2.75, 3.05) is 0 Å². The molecule has 5 nitrogen and oxygen atoms in total. The number of nitro groups is 1. The average Bonchev–Trinajstić information content (AvgIpc) is 2.18. The fraction of sp³-hybridized carbons (Fsp3) is 0.300. The summed E-state index contributed by atoms with van der Waals surface area (Å²) in [5, 5.41) is 21.4. The molecule has 0 saturated carbocycles. The normalized spacial score (nSPS) is 11.3. The van der Waals surface area contributed by atoms with E-state index in [9.17, 15) is 20.0 Å². The predicted molar refractivity (Wildman–Crippen MR) is 51.1 cm³/mol. The fourth-order valence-corrected chi connectivity index (χ4v) is 1.46. The maximum atomic E-state index is 10.8. The molecule has 0 fully saturated rings. The van der Waals surface area contributed by atoms with Crippen LogP contribution in [0.4, 0.5) is 5.69 Å². The first kappa shape index (κ1) is 15.7. The van der Waals surface area contributed by atoms with Crippen molar-refractivity contribution in [3.8, 4) is 0 Å². The van der Waals surface area contributed by atoms with Gasteiger partial charge in [0, 0.05) is 23.5 Å². The van der Waals surface area contributed by atoms with Crippen molar-refractivity contribution in [2.45, 2.75) is 19.3 Å². The van der Waals surface area contributed by atoms with E-state index in [-0.39, 0.29) is 69.1 Å². The van der Waals surface area contributed by atoms with Crippen LogP contribution in [-0.2, 0) is 4.79 Å². The molecule has 0 heterocycles. The molecule has 0 spiro atoms. The zero-order valence-electron chi connectivity index (χ0n) is 9.17. The second kappa shape index (κ2) is 7.13. The molecule has 16 heavy (non-hydrogen) atoms. The minimum atomic E-state index is -1.29. The Hall–Kier alpha value is -0.274. The maximum absolute atomic E-state index is 10.8. The van der Waals surface area contributed by atoms with Crippen LogP contribution in [0.15, 0.2) is 24.3 Å². The molecule has 0 aliphatic heterocycles. The summed E-state index contributed by atoms with van der Waals surface area (Å²) in [7, 11) is 0. The fourth-order valence-electron chi connectivity index (χ4n) is 1.46. The van der Waals surface area contributed by atoms with Crippen molar-refractivity contribution in [3.05, 3.63) is 39.9 Å². The molecule has 0 bridgehead atoms. The molecule has 0 radical (unpaired) electrons. The molecule has 1 atom stereocenters. The van der Waals surface area contributed by atoms with E-state index in [1.54, 1.807) is 13.0 Å². The van der Waals surface area contributed by atoms with E-state index >= 15 is 0 Å². The Labute approximate surface area is 135 Å². The van der Waals surface area contributed by atoms with Gasteiger partial charge in [0.15, 0.2) is 0 Å². The zero-order chi connectivity index (χ0) is 11.4. The summed E-state index contributed by atoms with van der Waals surface area (Å²) in [6.07, 6.45) is 0.271. The molecule has 0 saturated heterocycles. The van der Waals surface area contributed by atoms with Gasteiger partial charge >= 0.3 is 51.4 Å². The Bertz CT molecular complexity index is 394. The number of benzene rings is 1. The van der Waals surface area contributed by atoms with Gasteiger partial charge in [0.2, 0.25) is 0 Å². The van der Waals surface area contributed by atoms with Crippen LogP contribution in [0.5, 0.6) is 0 Å². The Kier molecular flexibility index (Phi) is 7.01. The molecular formula is C10H10KNO4. The van der Waals surface area contributed by atoms with Crippen LogP contribution in [0.1, 0.15) is 24.8 Å². The van der Waals surface area contributed by atoms with Crippen molar-refractivity contribution < 1.29 is 66.2 Å². The largest absolute Gasteiger partial charge is 1.00 e. The molecule has 1 unspecified atom stereocenters. The standard InChI is InChI=1S/C10H11NO4.K/c1-2-7(10(12)13)8-5-3-4-6-9(8)11(14)15;/h3-7H,2H2,1H3,(H,12,13);/q;+1/p-1. The van der Waals surface area contributed by atoms with Crippen LogP contribution in [0.25, 0.3) is 0 Å². The van der Waals surface area contributed by atoms with Gasteiger partial charge in [-0.25, -0.2) is 0 Å². The SMILES string of the molecule is CCC(C(=O)[O-])c1ccccc1[N+](=O)[O-].[K+]. The summed E-state index contributed by atoms with van der Waals surface area (Å²) >= 11 is 0. The van der Waals surface area contributed by atoms with Gasteiger partial charge < -0.3 is 9.90 Å². The molecule has 1 aromatic carbocycles. The Balaban J connectivity index is 0.00000225. The van der Waals surface area contributed by atoms with Gasteiger partial charge in [-0.05, 0) is 6.42 Å². The smallest absolute Gasteiger partial charge is 0.549 e. The Morgan fingerprint density at radius 2 is 2.00 bits per heavy atom. The van der Waals surface area contributed by atoms with Gasteiger partial charge in [-0.15, -0.1) is 0 Å². The van der Waals surface area contributed by atoms with E-state index in [2.05, 4.69) is 0 Å². The Morgan fingerprint density at radius 1 is 1.44 bits per heavy atom. The summed E-state index contributed by atoms with van der Waals surface area (Å²) in [5.41, 5.74) is 0.0264. The maximum Gasteiger partial charge on any atom is 1.00 e. The third-order valence-corrected chi connectivity index (χ3v) is 2.20. The van der Waals surface area contributed by atoms with E-state index < -0.39 is 16.8 Å². The van der Waals surface area contributed by atoms with Crippen molar-refractivity contribution in [3.63, 3.8) is 0 Å². The van der Waals surface area contributed by atoms with E-state index in [0.717, 1.165) is 0 Å². The van der Waals surface area contributed by atoms with Gasteiger partial charge in [-0.1, -0.05) is 25.1 Å². The second-order valence-electron chi connectivity index (χ2n) is 3.10. The van der Waals surface area contributed by atoms with Crippen LogP contribution < -0.4 is 56.5 Å². The second-order valence-corrected chi connectivity index (χ2v) is 3.10. The van der Waals surface area contributed by atoms with Crippen LogP contribution >= 0.6 is 0 Å². The molecule has 6 heteroatoms. The molecule has 0 aromatic heterocycles. The molecule has 1 aromatic rings. The molecule has 0 aliphatic rings. The van der Waals surface area contributed by atoms with Gasteiger partial charge in [0.05, 0.1) is 4.92 Å². The number of carbonyl (C=O) groups excluding carboxylic acids is 1. The summed E-state index contributed by atoms with van der Waals surface area (Å²) in [5.74, 6) is -2.21. The molecule has 0 N–H and O–H groups in total. The number of carboxylic acids is 1. The van der Waals surface area contributed by atoms with Crippen molar-refractivity contribution >= 4 is 11.7 Å². The van der Waals surface area contributed by atoms with Crippen LogP contribution in [0.3, 0.4) is 0 Å². The molecule has 80 valence electrons. The van der Waals surface area contributed by atoms with Crippen LogP contribution in [0, 0.1) is 10.1 Å². The first-order valence-corrected chi connectivity index (χ1v) is 4.52. The molecule has 1 rings (SSSR count). The molecule has 0 amide bonds. The zero-order valence-corrected chi connectivity index (χ0v) is 12.3. The number of carboxylic acid groups (broad SMARTS) is 1. The molecular weight excluding hydrogens is 237 g/mol. The van der Waals surface area contributed by atoms with Gasteiger partial charge in [0.25, 0.3) is 5.69 Å². The first-order valence-electron chi connectivity index (χ1n) is 4.52. The van der Waals surface area contributed by atoms with Gasteiger partial charge in [-0.3, -0.25) is 10.1 Å². The third-order valence-electron chi connectivity index (χ3n) is 2.20. The number of nitro benzene ring substituents is 1. The molecule has 0 aliphatic carbocycles. The average molecular weight is 247 g/mol. The van der Waals surface area contributed by atoms with E-state index in [4.69, 9.17) is 0 Å². The minimum absolute atomic E-state index is 0. The monoisotopic (exact) mass is 247 g/mol. The van der Waals surface area contributed by atoms with Crippen LogP contribution in [-0.4, -0.2) is 10.9 Å². The topological polar surface area (TPSA) is 83.3 Å². The number of rotatable bonds is 4. The van der Waals surface area contributed by atoms with Gasteiger partial charge in [0.1, 0.15) is 0 Å². The predicted octanol–water partition coefficient (Wildman–Crippen LogP) is -2.16. The first-order chi connectivity index (χ1) is 7.07. The number of hydrogen-bond acceptors (Lipinski definition) is 4. The van der Waals surface area contributed by atoms with E-state index in [1.165, 1.54) is 18.2 Å². The summed E-state index contributed by atoms with van der Waals surface area (Å²) in [6.45, 7) is 1.65. The van der Waals surface area contributed by atoms with Crippen molar-refractivity contribution in [1.29, 1.82) is 0 Å². The van der Waals surface area contributed by atoms with E-state index in [0.29, 0.717) is 0 Å². The number of nitrogens with zero attached hydrogens (tertiary/aromatic N) is 1.